The molecular weight excluding hydrogens is 202 g/mol. The molecule has 1 aliphatic heterocycles. The van der Waals surface area contributed by atoms with Crippen LogP contribution < -0.4 is 5.32 Å². The van der Waals surface area contributed by atoms with E-state index in [2.05, 4.69) is 28.0 Å². The molecule has 1 N–H and O–H groups in total. The number of nitrogens with zero attached hydrogens (tertiary/aromatic N) is 2. The summed E-state index contributed by atoms with van der Waals surface area (Å²) in [5.41, 5.74) is 0. The Morgan fingerprint density at radius 2 is 2.56 bits per heavy atom. The average Bonchev–Trinajstić information content (AvgIpc) is 2.74. The SMILES string of the molecule is COC[C@@H](C)NC[C@H]1CCc2nccn2C1. The van der Waals surface area contributed by atoms with Gasteiger partial charge in [0.15, 0.2) is 0 Å². The van der Waals surface area contributed by atoms with Crippen molar-refractivity contribution in [1.82, 2.24) is 14.9 Å². The summed E-state index contributed by atoms with van der Waals surface area (Å²) in [4.78, 5) is 4.34. The third-order valence-corrected chi connectivity index (χ3v) is 3.20. The molecule has 1 aliphatic rings. The van der Waals surface area contributed by atoms with Crippen LogP contribution in [0.4, 0.5) is 0 Å². The molecule has 90 valence electrons. The van der Waals surface area contributed by atoms with E-state index in [1.165, 1.54) is 12.2 Å². The molecular formula is C12H21N3O. The fourth-order valence-corrected chi connectivity index (χ4v) is 2.28. The summed E-state index contributed by atoms with van der Waals surface area (Å²) in [6.07, 6.45) is 6.33. The van der Waals surface area contributed by atoms with Gasteiger partial charge in [0.2, 0.25) is 0 Å². The molecule has 0 saturated carbocycles. The minimum absolute atomic E-state index is 0.439. The van der Waals surface area contributed by atoms with Gasteiger partial charge >= 0.3 is 0 Å². The number of hydrogen-bond donors (Lipinski definition) is 1. The molecule has 0 aliphatic carbocycles. The van der Waals surface area contributed by atoms with Crippen LogP contribution in [0.1, 0.15) is 19.2 Å². The van der Waals surface area contributed by atoms with Crippen molar-refractivity contribution in [3.8, 4) is 0 Å². The highest BCUT2D eigenvalue weighted by atomic mass is 16.5. The zero-order valence-corrected chi connectivity index (χ0v) is 10.1. The predicted octanol–water partition coefficient (Wildman–Crippen LogP) is 1.07. The fourth-order valence-electron chi connectivity index (χ4n) is 2.28. The molecule has 2 rings (SSSR count). The maximum absolute atomic E-state index is 5.11. The second kappa shape index (κ2) is 5.46. The molecule has 2 heterocycles. The summed E-state index contributed by atoms with van der Waals surface area (Å²) in [5, 5.41) is 3.52. The van der Waals surface area contributed by atoms with Gasteiger partial charge in [-0.25, -0.2) is 4.98 Å². The van der Waals surface area contributed by atoms with Crippen molar-refractivity contribution >= 4 is 0 Å². The van der Waals surface area contributed by atoms with E-state index in [4.69, 9.17) is 4.74 Å². The van der Waals surface area contributed by atoms with Crippen LogP contribution in [-0.4, -0.2) is 35.9 Å². The smallest absolute Gasteiger partial charge is 0.108 e. The van der Waals surface area contributed by atoms with E-state index in [9.17, 15) is 0 Å². The Morgan fingerprint density at radius 1 is 1.69 bits per heavy atom. The highest BCUT2D eigenvalue weighted by Crippen LogP contribution is 2.17. The van der Waals surface area contributed by atoms with Gasteiger partial charge in [0.25, 0.3) is 0 Å². The molecule has 16 heavy (non-hydrogen) atoms. The van der Waals surface area contributed by atoms with Crippen LogP contribution in [0.5, 0.6) is 0 Å². The molecule has 4 heteroatoms. The zero-order valence-electron chi connectivity index (χ0n) is 10.1. The van der Waals surface area contributed by atoms with Crippen LogP contribution >= 0.6 is 0 Å². The van der Waals surface area contributed by atoms with Crippen LogP contribution in [0.25, 0.3) is 0 Å². The summed E-state index contributed by atoms with van der Waals surface area (Å²) >= 11 is 0. The van der Waals surface area contributed by atoms with Gasteiger partial charge in [-0.1, -0.05) is 0 Å². The molecule has 0 saturated heterocycles. The lowest BCUT2D eigenvalue weighted by Crippen LogP contribution is -2.37. The molecule has 1 aromatic heterocycles. The van der Waals surface area contributed by atoms with Crippen LogP contribution in [0, 0.1) is 5.92 Å². The fraction of sp³-hybridized carbons (Fsp3) is 0.750. The van der Waals surface area contributed by atoms with Crippen molar-refractivity contribution in [2.45, 2.75) is 32.4 Å². The Morgan fingerprint density at radius 3 is 3.38 bits per heavy atom. The highest BCUT2D eigenvalue weighted by molar-refractivity contribution is 4.96. The minimum Gasteiger partial charge on any atom is -0.383 e. The van der Waals surface area contributed by atoms with Crippen molar-refractivity contribution in [1.29, 1.82) is 0 Å². The molecule has 0 fully saturated rings. The van der Waals surface area contributed by atoms with Crippen LogP contribution in [0.3, 0.4) is 0 Å². The maximum Gasteiger partial charge on any atom is 0.108 e. The number of aromatic nitrogens is 2. The first kappa shape index (κ1) is 11.6. The van der Waals surface area contributed by atoms with E-state index in [0.29, 0.717) is 6.04 Å². The van der Waals surface area contributed by atoms with E-state index < -0.39 is 0 Å². The van der Waals surface area contributed by atoms with Crippen molar-refractivity contribution < 1.29 is 4.74 Å². The monoisotopic (exact) mass is 223 g/mol. The quantitative estimate of drug-likeness (QED) is 0.811. The Hall–Kier alpha value is -0.870. The third-order valence-electron chi connectivity index (χ3n) is 3.20. The van der Waals surface area contributed by atoms with Gasteiger partial charge in [0.1, 0.15) is 5.82 Å². The molecule has 0 bridgehead atoms. The Kier molecular flexibility index (Phi) is 3.96. The van der Waals surface area contributed by atoms with Gasteiger partial charge in [-0.05, 0) is 19.3 Å². The van der Waals surface area contributed by atoms with Gasteiger partial charge in [0, 0.05) is 45.1 Å². The number of rotatable bonds is 5. The van der Waals surface area contributed by atoms with E-state index >= 15 is 0 Å². The first-order valence-electron chi connectivity index (χ1n) is 6.02. The molecule has 0 radical (unpaired) electrons. The Labute approximate surface area is 97.0 Å². The second-order valence-corrected chi connectivity index (χ2v) is 4.67. The number of imidazole rings is 1. The second-order valence-electron chi connectivity index (χ2n) is 4.67. The molecule has 0 aromatic carbocycles. The van der Waals surface area contributed by atoms with Gasteiger partial charge in [-0.2, -0.15) is 0 Å². The number of methoxy groups -OCH3 is 1. The van der Waals surface area contributed by atoms with Gasteiger partial charge < -0.3 is 14.6 Å². The number of fused-ring (bicyclic) bond motifs is 1. The van der Waals surface area contributed by atoms with E-state index in [1.54, 1.807) is 7.11 Å². The zero-order chi connectivity index (χ0) is 11.4. The van der Waals surface area contributed by atoms with E-state index in [1.807, 2.05) is 6.20 Å². The van der Waals surface area contributed by atoms with Gasteiger partial charge in [-0.15, -0.1) is 0 Å². The molecule has 1 aromatic rings. The Bertz CT molecular complexity index is 324. The van der Waals surface area contributed by atoms with Crippen LogP contribution in [-0.2, 0) is 17.7 Å². The largest absolute Gasteiger partial charge is 0.383 e. The summed E-state index contributed by atoms with van der Waals surface area (Å²) in [6, 6.07) is 0.439. The van der Waals surface area contributed by atoms with Crippen LogP contribution in [0.15, 0.2) is 12.4 Å². The van der Waals surface area contributed by atoms with Crippen LogP contribution in [0.2, 0.25) is 0 Å². The maximum atomic E-state index is 5.11. The van der Waals surface area contributed by atoms with Crippen molar-refractivity contribution in [2.75, 3.05) is 20.3 Å². The topological polar surface area (TPSA) is 39.1 Å². The minimum atomic E-state index is 0.439. The van der Waals surface area contributed by atoms with Crippen molar-refractivity contribution in [2.24, 2.45) is 5.92 Å². The first-order valence-corrected chi connectivity index (χ1v) is 6.02. The standard InChI is InChI=1S/C12H21N3O/c1-10(9-16-2)14-7-11-3-4-12-13-5-6-15(12)8-11/h5-6,10-11,14H,3-4,7-9H2,1-2H3/t10-,11-/m1/s1. The average molecular weight is 223 g/mol. The van der Waals surface area contributed by atoms with Gasteiger partial charge in [0.05, 0.1) is 6.61 Å². The number of nitrogens with one attached hydrogen (secondary N) is 1. The van der Waals surface area contributed by atoms with Gasteiger partial charge in [-0.3, -0.25) is 0 Å². The highest BCUT2D eigenvalue weighted by Gasteiger charge is 2.18. The molecule has 0 spiro atoms. The Balaban J connectivity index is 1.77. The lowest BCUT2D eigenvalue weighted by Gasteiger charge is -2.25. The molecule has 0 unspecified atom stereocenters. The number of ether oxygens (including phenoxy) is 1. The van der Waals surface area contributed by atoms with E-state index in [0.717, 1.165) is 32.0 Å². The summed E-state index contributed by atoms with van der Waals surface area (Å²) in [6.45, 7) is 5.11. The van der Waals surface area contributed by atoms with Crippen molar-refractivity contribution in [3.05, 3.63) is 18.2 Å². The number of hydrogen-bond acceptors (Lipinski definition) is 3. The summed E-state index contributed by atoms with van der Waals surface area (Å²) < 4.78 is 7.38. The predicted molar refractivity (Wildman–Crippen MR) is 63.4 cm³/mol. The lowest BCUT2D eigenvalue weighted by atomic mass is 9.99. The normalized spacial score (nSPS) is 21.8. The summed E-state index contributed by atoms with van der Waals surface area (Å²) in [7, 11) is 1.75. The first-order chi connectivity index (χ1) is 7.79. The van der Waals surface area contributed by atoms with Crippen molar-refractivity contribution in [3.63, 3.8) is 0 Å². The lowest BCUT2D eigenvalue weighted by molar-refractivity contribution is 0.168. The number of aryl methyl sites for hydroxylation is 1. The third kappa shape index (κ3) is 2.83. The molecule has 2 atom stereocenters. The molecule has 0 amide bonds. The molecule has 4 nitrogen and oxygen atoms in total. The van der Waals surface area contributed by atoms with E-state index in [-0.39, 0.29) is 0 Å². The summed E-state index contributed by atoms with van der Waals surface area (Å²) in [5.74, 6) is 1.96.